The molecule has 0 bridgehead atoms. The molecule has 0 spiro atoms. The maximum Gasteiger partial charge on any atom is 0.254 e. The molecule has 8 heteroatoms. The maximum atomic E-state index is 12.8. The van der Waals surface area contributed by atoms with Crippen molar-refractivity contribution in [2.24, 2.45) is 0 Å². The van der Waals surface area contributed by atoms with Crippen molar-refractivity contribution in [2.75, 3.05) is 47.0 Å². The average molecular weight is 447 g/mol. The molecule has 3 rings (SSSR count). The fourth-order valence-electron chi connectivity index (χ4n) is 3.44. The van der Waals surface area contributed by atoms with Crippen molar-refractivity contribution >= 4 is 23.4 Å². The van der Waals surface area contributed by atoms with Gasteiger partial charge in [-0.2, -0.15) is 0 Å². The Morgan fingerprint density at radius 2 is 1.58 bits per heavy atom. The van der Waals surface area contributed by atoms with Crippen LogP contribution in [-0.2, 0) is 4.79 Å². The van der Waals surface area contributed by atoms with Crippen LogP contribution in [0.1, 0.15) is 23.2 Å². The summed E-state index contributed by atoms with van der Waals surface area (Å²) in [6.45, 7) is 2.45. The lowest BCUT2D eigenvalue weighted by molar-refractivity contribution is -0.132. The third kappa shape index (κ3) is 5.82. The predicted octanol–water partition coefficient (Wildman–Crippen LogP) is 3.50. The highest BCUT2D eigenvalue weighted by atomic mass is 35.5. The van der Waals surface area contributed by atoms with E-state index in [1.165, 1.54) is 7.11 Å². The molecule has 7 nitrogen and oxygen atoms in total. The Kier molecular flexibility index (Phi) is 8.00. The van der Waals surface area contributed by atoms with Gasteiger partial charge in [-0.15, -0.1) is 0 Å². The zero-order valence-electron chi connectivity index (χ0n) is 17.8. The molecule has 2 aromatic carbocycles. The lowest BCUT2D eigenvalue weighted by atomic mass is 10.1. The fourth-order valence-corrected chi connectivity index (χ4v) is 3.63. The van der Waals surface area contributed by atoms with Gasteiger partial charge in [-0.3, -0.25) is 9.59 Å². The van der Waals surface area contributed by atoms with Crippen molar-refractivity contribution in [1.29, 1.82) is 0 Å². The standard InChI is InChI=1S/C23H27ClN2O5/c1-29-20-10-9-17(16-21(20)30-2)23(28)26-13-11-25(12-14-26)22(27)8-5-15-31-19-7-4-3-6-18(19)24/h3-4,6-7,9-10,16H,5,8,11-15H2,1-2H3. The molecule has 166 valence electrons. The van der Waals surface area contributed by atoms with Gasteiger partial charge in [-0.05, 0) is 36.8 Å². The summed E-state index contributed by atoms with van der Waals surface area (Å²) in [5.74, 6) is 1.70. The lowest BCUT2D eigenvalue weighted by Crippen LogP contribution is -2.50. The summed E-state index contributed by atoms with van der Waals surface area (Å²) in [7, 11) is 3.09. The van der Waals surface area contributed by atoms with Crippen molar-refractivity contribution in [3.05, 3.63) is 53.1 Å². The number of methoxy groups -OCH3 is 2. The van der Waals surface area contributed by atoms with Gasteiger partial charge in [-0.25, -0.2) is 0 Å². The van der Waals surface area contributed by atoms with E-state index in [0.717, 1.165) is 0 Å². The van der Waals surface area contributed by atoms with Crippen molar-refractivity contribution < 1.29 is 23.8 Å². The van der Waals surface area contributed by atoms with E-state index in [9.17, 15) is 9.59 Å². The van der Waals surface area contributed by atoms with Gasteiger partial charge in [0.05, 0.1) is 25.8 Å². The number of carbonyl (C=O) groups excluding carboxylic acids is 2. The van der Waals surface area contributed by atoms with Gasteiger partial charge in [0.1, 0.15) is 5.75 Å². The Labute approximate surface area is 187 Å². The molecule has 0 N–H and O–H groups in total. The van der Waals surface area contributed by atoms with E-state index in [2.05, 4.69) is 0 Å². The van der Waals surface area contributed by atoms with E-state index in [1.54, 1.807) is 47.2 Å². The fraction of sp³-hybridized carbons (Fsp3) is 0.391. The first kappa shape index (κ1) is 22.7. The van der Waals surface area contributed by atoms with Crippen LogP contribution in [0.25, 0.3) is 0 Å². The molecule has 0 saturated carbocycles. The van der Waals surface area contributed by atoms with Crippen LogP contribution in [0.3, 0.4) is 0 Å². The van der Waals surface area contributed by atoms with Crippen LogP contribution >= 0.6 is 11.6 Å². The predicted molar refractivity (Wildman–Crippen MR) is 118 cm³/mol. The van der Waals surface area contributed by atoms with Gasteiger partial charge >= 0.3 is 0 Å². The number of piperazine rings is 1. The maximum absolute atomic E-state index is 12.8. The van der Waals surface area contributed by atoms with Crippen molar-refractivity contribution in [3.63, 3.8) is 0 Å². The molecule has 31 heavy (non-hydrogen) atoms. The summed E-state index contributed by atoms with van der Waals surface area (Å²) in [5, 5.41) is 0.559. The highest BCUT2D eigenvalue weighted by Gasteiger charge is 2.25. The summed E-state index contributed by atoms with van der Waals surface area (Å²) in [6.07, 6.45) is 1.00. The number of carbonyl (C=O) groups is 2. The molecule has 0 radical (unpaired) electrons. The third-order valence-corrected chi connectivity index (χ3v) is 5.49. The number of nitrogens with zero attached hydrogens (tertiary/aromatic N) is 2. The van der Waals surface area contributed by atoms with Gasteiger partial charge in [0.2, 0.25) is 5.91 Å². The molecule has 0 aliphatic carbocycles. The van der Waals surface area contributed by atoms with Crippen LogP contribution in [0.5, 0.6) is 17.2 Å². The Morgan fingerprint density at radius 1 is 0.903 bits per heavy atom. The highest BCUT2D eigenvalue weighted by molar-refractivity contribution is 6.32. The molecule has 1 fully saturated rings. The van der Waals surface area contributed by atoms with Crippen molar-refractivity contribution in [3.8, 4) is 17.2 Å². The number of amides is 2. The molecule has 1 heterocycles. The summed E-state index contributed by atoms with van der Waals surface area (Å²) in [6, 6.07) is 12.4. The minimum atomic E-state index is -0.0822. The smallest absolute Gasteiger partial charge is 0.254 e. The second-order valence-corrected chi connectivity index (χ2v) is 7.53. The molecular weight excluding hydrogens is 420 g/mol. The number of halogens is 1. The normalized spacial score (nSPS) is 13.6. The molecule has 2 amide bonds. The van der Waals surface area contributed by atoms with E-state index in [0.29, 0.717) is 73.5 Å². The number of benzene rings is 2. The monoisotopic (exact) mass is 446 g/mol. The van der Waals surface area contributed by atoms with Crippen LogP contribution in [0, 0.1) is 0 Å². The minimum absolute atomic E-state index is 0.0703. The Bertz CT molecular complexity index is 913. The number of para-hydroxylation sites is 1. The van der Waals surface area contributed by atoms with Crippen molar-refractivity contribution in [2.45, 2.75) is 12.8 Å². The Balaban J connectivity index is 1.44. The quantitative estimate of drug-likeness (QED) is 0.580. The Hall–Kier alpha value is -2.93. The molecular formula is C23H27ClN2O5. The largest absolute Gasteiger partial charge is 0.493 e. The summed E-state index contributed by atoms with van der Waals surface area (Å²) in [5.41, 5.74) is 0.536. The number of hydrogen-bond donors (Lipinski definition) is 0. The van der Waals surface area contributed by atoms with Crippen LogP contribution in [0.4, 0.5) is 0 Å². The van der Waals surface area contributed by atoms with Crippen molar-refractivity contribution in [1.82, 2.24) is 9.80 Å². The molecule has 0 unspecified atom stereocenters. The second kappa shape index (κ2) is 10.9. The van der Waals surface area contributed by atoms with Gasteiger partial charge in [0, 0.05) is 38.2 Å². The molecule has 1 aliphatic rings. The van der Waals surface area contributed by atoms with Crippen LogP contribution in [0.2, 0.25) is 5.02 Å². The van der Waals surface area contributed by atoms with E-state index in [-0.39, 0.29) is 11.8 Å². The van der Waals surface area contributed by atoms with Gasteiger partial charge in [0.15, 0.2) is 11.5 Å². The molecule has 2 aromatic rings. The van der Waals surface area contributed by atoms with Crippen LogP contribution in [0.15, 0.2) is 42.5 Å². The number of rotatable bonds is 8. The van der Waals surface area contributed by atoms with E-state index in [4.69, 9.17) is 25.8 Å². The lowest BCUT2D eigenvalue weighted by Gasteiger charge is -2.35. The van der Waals surface area contributed by atoms with Crippen LogP contribution < -0.4 is 14.2 Å². The zero-order chi connectivity index (χ0) is 22.2. The van der Waals surface area contributed by atoms with Gasteiger partial charge in [-0.1, -0.05) is 23.7 Å². The minimum Gasteiger partial charge on any atom is -0.493 e. The van der Waals surface area contributed by atoms with Gasteiger partial charge in [0.25, 0.3) is 5.91 Å². The van der Waals surface area contributed by atoms with E-state index < -0.39 is 0 Å². The molecule has 0 atom stereocenters. The summed E-state index contributed by atoms with van der Waals surface area (Å²) < 4.78 is 16.1. The molecule has 1 aliphatic heterocycles. The van der Waals surface area contributed by atoms with Gasteiger partial charge < -0.3 is 24.0 Å². The third-order valence-electron chi connectivity index (χ3n) is 5.18. The topological polar surface area (TPSA) is 68.3 Å². The molecule has 1 saturated heterocycles. The zero-order valence-corrected chi connectivity index (χ0v) is 18.6. The summed E-state index contributed by atoms with van der Waals surface area (Å²) >= 11 is 6.06. The first-order valence-electron chi connectivity index (χ1n) is 10.2. The number of hydrogen-bond acceptors (Lipinski definition) is 5. The SMILES string of the molecule is COc1ccc(C(=O)N2CCN(C(=O)CCCOc3ccccc3Cl)CC2)cc1OC. The first-order chi connectivity index (χ1) is 15.0. The van der Waals surface area contributed by atoms with E-state index >= 15 is 0 Å². The first-order valence-corrected chi connectivity index (χ1v) is 10.6. The van der Waals surface area contributed by atoms with Crippen LogP contribution in [-0.4, -0.2) is 68.6 Å². The Morgan fingerprint density at radius 3 is 2.26 bits per heavy atom. The summed E-state index contributed by atoms with van der Waals surface area (Å²) in [4.78, 5) is 28.9. The van der Waals surface area contributed by atoms with E-state index in [1.807, 2.05) is 12.1 Å². The second-order valence-electron chi connectivity index (χ2n) is 7.13. The highest BCUT2D eigenvalue weighted by Crippen LogP contribution is 2.28. The molecule has 0 aromatic heterocycles. The number of ether oxygens (including phenoxy) is 3. The average Bonchev–Trinajstić information content (AvgIpc) is 2.81.